The van der Waals surface area contributed by atoms with Crippen molar-refractivity contribution >= 4 is 0 Å². The number of likely N-dealkylation sites (tertiary alicyclic amines) is 1. The van der Waals surface area contributed by atoms with Crippen molar-refractivity contribution in [2.24, 2.45) is 0 Å². The standard InChI is InChI=1S/C8H17NO/c1-4-8-6-5-7(2)9(8,3)10/h7-8H,4-6H2,1-3H3/t7-,8-,9?/m1/s1. The Hall–Kier alpha value is -0.0800. The Morgan fingerprint density at radius 3 is 2.30 bits per heavy atom. The van der Waals surface area contributed by atoms with Gasteiger partial charge in [-0.1, -0.05) is 6.92 Å². The van der Waals surface area contributed by atoms with E-state index in [4.69, 9.17) is 0 Å². The van der Waals surface area contributed by atoms with Crippen LogP contribution in [0.1, 0.15) is 33.1 Å². The maximum atomic E-state index is 11.7. The van der Waals surface area contributed by atoms with Crippen LogP contribution in [0, 0.1) is 5.21 Å². The zero-order valence-corrected chi connectivity index (χ0v) is 7.13. The minimum atomic E-state index is -0.00347. The predicted molar refractivity (Wildman–Crippen MR) is 42.3 cm³/mol. The first-order chi connectivity index (χ1) is 4.59. The summed E-state index contributed by atoms with van der Waals surface area (Å²) in [7, 11) is 1.81. The third-order valence-electron chi connectivity index (χ3n) is 2.99. The molecule has 0 aromatic rings. The van der Waals surface area contributed by atoms with E-state index in [-0.39, 0.29) is 4.65 Å². The lowest BCUT2D eigenvalue weighted by Gasteiger charge is -2.44. The summed E-state index contributed by atoms with van der Waals surface area (Å²) in [5.41, 5.74) is 0. The van der Waals surface area contributed by atoms with Gasteiger partial charge < -0.3 is 9.85 Å². The van der Waals surface area contributed by atoms with Crippen LogP contribution in [0.15, 0.2) is 0 Å². The SMILES string of the molecule is CC[C@@H]1CC[C@@H](C)[N+]1(C)[O-]. The van der Waals surface area contributed by atoms with Crippen molar-refractivity contribution in [2.75, 3.05) is 7.05 Å². The highest BCUT2D eigenvalue weighted by atomic mass is 16.5. The number of rotatable bonds is 1. The summed E-state index contributed by atoms with van der Waals surface area (Å²) in [5.74, 6) is 0. The minimum Gasteiger partial charge on any atom is -0.633 e. The number of quaternary nitrogens is 1. The average molecular weight is 143 g/mol. The van der Waals surface area contributed by atoms with Gasteiger partial charge in [-0.25, -0.2) is 0 Å². The first-order valence-electron chi connectivity index (χ1n) is 4.16. The van der Waals surface area contributed by atoms with Crippen molar-refractivity contribution in [1.82, 2.24) is 0 Å². The van der Waals surface area contributed by atoms with E-state index >= 15 is 0 Å². The van der Waals surface area contributed by atoms with Gasteiger partial charge in [-0.15, -0.1) is 0 Å². The molecule has 0 aliphatic carbocycles. The number of hydroxylamine groups is 3. The molecule has 60 valence electrons. The van der Waals surface area contributed by atoms with Gasteiger partial charge in [0.1, 0.15) is 0 Å². The fourth-order valence-electron chi connectivity index (χ4n) is 1.87. The maximum Gasteiger partial charge on any atom is 0.0887 e. The molecule has 0 aromatic heterocycles. The summed E-state index contributed by atoms with van der Waals surface area (Å²) in [5, 5.41) is 11.7. The van der Waals surface area contributed by atoms with Crippen molar-refractivity contribution in [2.45, 2.75) is 45.2 Å². The number of hydrogen-bond acceptors (Lipinski definition) is 1. The molecule has 1 aliphatic rings. The van der Waals surface area contributed by atoms with E-state index in [2.05, 4.69) is 13.8 Å². The summed E-state index contributed by atoms with van der Waals surface area (Å²) in [6, 6.07) is 0.694. The molecular formula is C8H17NO. The smallest absolute Gasteiger partial charge is 0.0887 e. The van der Waals surface area contributed by atoms with Gasteiger partial charge in [0.15, 0.2) is 0 Å². The zero-order chi connectivity index (χ0) is 7.78. The van der Waals surface area contributed by atoms with Gasteiger partial charge in [0.05, 0.1) is 19.1 Å². The molecular weight excluding hydrogens is 126 g/mol. The summed E-state index contributed by atoms with van der Waals surface area (Å²) >= 11 is 0. The molecule has 0 bridgehead atoms. The normalized spacial score (nSPS) is 48.0. The lowest BCUT2D eigenvalue weighted by Crippen LogP contribution is -2.46. The van der Waals surface area contributed by atoms with E-state index in [9.17, 15) is 5.21 Å². The monoisotopic (exact) mass is 143 g/mol. The van der Waals surface area contributed by atoms with Crippen molar-refractivity contribution < 1.29 is 4.65 Å². The van der Waals surface area contributed by atoms with E-state index in [1.807, 2.05) is 7.05 Å². The Balaban J connectivity index is 2.64. The highest BCUT2D eigenvalue weighted by molar-refractivity contribution is 4.71. The van der Waals surface area contributed by atoms with E-state index < -0.39 is 0 Å². The molecule has 1 fully saturated rings. The predicted octanol–water partition coefficient (Wildman–Crippen LogP) is 1.89. The van der Waals surface area contributed by atoms with Crippen LogP contribution in [0.3, 0.4) is 0 Å². The third-order valence-corrected chi connectivity index (χ3v) is 2.99. The van der Waals surface area contributed by atoms with Crippen LogP contribution < -0.4 is 0 Å². The fraction of sp³-hybridized carbons (Fsp3) is 1.00. The van der Waals surface area contributed by atoms with E-state index in [0.29, 0.717) is 12.1 Å². The summed E-state index contributed by atoms with van der Waals surface area (Å²) in [6.07, 6.45) is 3.26. The molecule has 0 saturated carbocycles. The van der Waals surface area contributed by atoms with E-state index in [1.54, 1.807) is 0 Å². The fourth-order valence-corrected chi connectivity index (χ4v) is 1.87. The third kappa shape index (κ3) is 1.06. The quantitative estimate of drug-likeness (QED) is 0.406. The van der Waals surface area contributed by atoms with Gasteiger partial charge in [-0.2, -0.15) is 0 Å². The molecule has 0 amide bonds. The van der Waals surface area contributed by atoms with Gasteiger partial charge in [0.25, 0.3) is 0 Å². The molecule has 1 saturated heterocycles. The Kier molecular flexibility index (Phi) is 2.02. The second-order valence-electron chi connectivity index (χ2n) is 3.55. The second-order valence-corrected chi connectivity index (χ2v) is 3.55. The molecule has 1 unspecified atom stereocenters. The van der Waals surface area contributed by atoms with Crippen molar-refractivity contribution in [1.29, 1.82) is 0 Å². The Labute approximate surface area is 63.0 Å². The molecule has 0 aromatic carbocycles. The minimum absolute atomic E-state index is 0.00347. The Morgan fingerprint density at radius 2 is 2.10 bits per heavy atom. The summed E-state index contributed by atoms with van der Waals surface area (Å²) < 4.78 is -0.00347. The van der Waals surface area contributed by atoms with Crippen molar-refractivity contribution in [3.63, 3.8) is 0 Å². The highest BCUT2D eigenvalue weighted by Crippen LogP contribution is 2.31. The lowest BCUT2D eigenvalue weighted by atomic mass is 10.2. The molecule has 1 heterocycles. The zero-order valence-electron chi connectivity index (χ0n) is 7.13. The Morgan fingerprint density at radius 1 is 1.50 bits per heavy atom. The summed E-state index contributed by atoms with van der Waals surface area (Å²) in [4.78, 5) is 0. The molecule has 3 atom stereocenters. The first-order valence-corrected chi connectivity index (χ1v) is 4.16. The molecule has 2 heteroatoms. The van der Waals surface area contributed by atoms with Crippen LogP contribution in [0.25, 0.3) is 0 Å². The average Bonchev–Trinajstić information content (AvgIpc) is 2.10. The van der Waals surface area contributed by atoms with Crippen LogP contribution in [-0.2, 0) is 0 Å². The van der Waals surface area contributed by atoms with E-state index in [1.165, 1.54) is 0 Å². The maximum absolute atomic E-state index is 11.7. The number of nitrogens with zero attached hydrogens (tertiary/aromatic N) is 1. The molecule has 2 nitrogen and oxygen atoms in total. The van der Waals surface area contributed by atoms with Crippen LogP contribution in [-0.4, -0.2) is 23.8 Å². The van der Waals surface area contributed by atoms with Crippen LogP contribution >= 0.6 is 0 Å². The van der Waals surface area contributed by atoms with Crippen LogP contribution in [0.2, 0.25) is 0 Å². The van der Waals surface area contributed by atoms with Gasteiger partial charge in [0, 0.05) is 12.8 Å². The molecule has 1 aliphatic heterocycles. The second kappa shape index (κ2) is 2.51. The molecule has 0 N–H and O–H groups in total. The molecule has 0 radical (unpaired) electrons. The highest BCUT2D eigenvalue weighted by Gasteiger charge is 2.35. The van der Waals surface area contributed by atoms with Gasteiger partial charge >= 0.3 is 0 Å². The number of hydrogen-bond donors (Lipinski definition) is 0. The largest absolute Gasteiger partial charge is 0.633 e. The van der Waals surface area contributed by atoms with Gasteiger partial charge in [-0.3, -0.25) is 0 Å². The molecule has 1 rings (SSSR count). The van der Waals surface area contributed by atoms with Crippen LogP contribution in [0.4, 0.5) is 0 Å². The topological polar surface area (TPSA) is 23.1 Å². The lowest BCUT2D eigenvalue weighted by molar-refractivity contribution is -0.895. The Bertz CT molecular complexity index is 122. The van der Waals surface area contributed by atoms with Crippen molar-refractivity contribution in [3.8, 4) is 0 Å². The van der Waals surface area contributed by atoms with Crippen LogP contribution in [0.5, 0.6) is 0 Å². The first kappa shape index (κ1) is 8.02. The van der Waals surface area contributed by atoms with Crippen molar-refractivity contribution in [3.05, 3.63) is 5.21 Å². The van der Waals surface area contributed by atoms with E-state index in [0.717, 1.165) is 19.3 Å². The van der Waals surface area contributed by atoms with Gasteiger partial charge in [0.2, 0.25) is 0 Å². The summed E-state index contributed by atoms with van der Waals surface area (Å²) in [6.45, 7) is 4.17. The molecule has 10 heavy (non-hydrogen) atoms. The van der Waals surface area contributed by atoms with Gasteiger partial charge in [-0.05, 0) is 13.3 Å². The molecule has 0 spiro atoms.